The lowest BCUT2D eigenvalue weighted by Crippen LogP contribution is -2.14. The van der Waals surface area contributed by atoms with E-state index in [9.17, 15) is 0 Å². The SMILES string of the molecule is NC(Cc1cnc[nH]1)c1nc(C2CCCCS2)no1. The molecule has 6 nitrogen and oxygen atoms in total. The molecule has 2 aromatic rings. The molecular weight excluding hydrogens is 262 g/mol. The molecule has 1 saturated heterocycles. The van der Waals surface area contributed by atoms with Crippen LogP contribution in [0.25, 0.3) is 0 Å². The molecule has 0 aromatic carbocycles. The predicted octanol–water partition coefficient (Wildman–Crippen LogP) is 1.99. The second-order valence-corrected chi connectivity index (χ2v) is 6.04. The van der Waals surface area contributed by atoms with Gasteiger partial charge in [0.2, 0.25) is 5.89 Å². The van der Waals surface area contributed by atoms with E-state index < -0.39 is 0 Å². The summed E-state index contributed by atoms with van der Waals surface area (Å²) in [5.74, 6) is 2.48. The summed E-state index contributed by atoms with van der Waals surface area (Å²) in [5, 5.41) is 4.44. The summed E-state index contributed by atoms with van der Waals surface area (Å²) in [6, 6.07) is -0.282. The van der Waals surface area contributed by atoms with Crippen molar-refractivity contribution in [3.63, 3.8) is 0 Å². The summed E-state index contributed by atoms with van der Waals surface area (Å²) in [4.78, 5) is 11.4. The van der Waals surface area contributed by atoms with Crippen molar-refractivity contribution in [2.75, 3.05) is 5.75 Å². The van der Waals surface area contributed by atoms with Crippen molar-refractivity contribution < 1.29 is 4.52 Å². The summed E-state index contributed by atoms with van der Waals surface area (Å²) in [6.07, 6.45) is 7.67. The highest BCUT2D eigenvalue weighted by molar-refractivity contribution is 7.99. The predicted molar refractivity (Wildman–Crippen MR) is 72.6 cm³/mol. The maximum atomic E-state index is 6.08. The molecule has 1 fully saturated rings. The van der Waals surface area contributed by atoms with Crippen LogP contribution in [0.3, 0.4) is 0 Å². The van der Waals surface area contributed by atoms with Crippen LogP contribution in [0.1, 0.15) is 48.0 Å². The third-order valence-electron chi connectivity index (χ3n) is 3.24. The fourth-order valence-corrected chi connectivity index (χ4v) is 3.43. The number of nitrogens with zero attached hydrogens (tertiary/aromatic N) is 3. The molecule has 3 rings (SSSR count). The van der Waals surface area contributed by atoms with Crippen molar-refractivity contribution >= 4 is 11.8 Å². The van der Waals surface area contributed by atoms with E-state index in [1.807, 2.05) is 11.8 Å². The van der Waals surface area contributed by atoms with E-state index in [-0.39, 0.29) is 6.04 Å². The number of nitrogens with two attached hydrogens (primary N) is 1. The van der Waals surface area contributed by atoms with Crippen LogP contribution < -0.4 is 5.73 Å². The van der Waals surface area contributed by atoms with Gasteiger partial charge in [-0.05, 0) is 18.6 Å². The molecule has 1 aliphatic heterocycles. The Morgan fingerprint density at radius 3 is 3.21 bits per heavy atom. The minimum Gasteiger partial charge on any atom is -0.348 e. The number of aromatic amines is 1. The number of aromatic nitrogens is 4. The van der Waals surface area contributed by atoms with E-state index in [0.29, 0.717) is 17.6 Å². The summed E-state index contributed by atoms with van der Waals surface area (Å²) >= 11 is 1.90. The molecule has 0 bridgehead atoms. The van der Waals surface area contributed by atoms with Gasteiger partial charge >= 0.3 is 0 Å². The van der Waals surface area contributed by atoms with E-state index in [1.165, 1.54) is 18.6 Å². The lowest BCUT2D eigenvalue weighted by Gasteiger charge is -2.17. The highest BCUT2D eigenvalue weighted by Gasteiger charge is 2.23. The third-order valence-corrected chi connectivity index (χ3v) is 4.61. The van der Waals surface area contributed by atoms with Crippen LogP contribution in [0.15, 0.2) is 17.0 Å². The van der Waals surface area contributed by atoms with Crippen molar-refractivity contribution in [3.8, 4) is 0 Å². The summed E-state index contributed by atoms with van der Waals surface area (Å²) < 4.78 is 5.29. The minimum atomic E-state index is -0.282. The van der Waals surface area contributed by atoms with E-state index in [0.717, 1.165) is 17.9 Å². The standard InChI is InChI=1S/C12H17N5OS/c13-9(5-8-6-14-7-15-8)12-16-11(17-18-12)10-3-1-2-4-19-10/h6-7,9-10H,1-5,13H2,(H,14,15). The van der Waals surface area contributed by atoms with Crippen LogP contribution in [0.2, 0.25) is 0 Å². The number of rotatable bonds is 4. The molecule has 19 heavy (non-hydrogen) atoms. The summed E-state index contributed by atoms with van der Waals surface area (Å²) in [7, 11) is 0. The molecule has 3 heterocycles. The van der Waals surface area contributed by atoms with Gasteiger partial charge < -0.3 is 15.2 Å². The lowest BCUT2D eigenvalue weighted by atomic mass is 10.1. The largest absolute Gasteiger partial charge is 0.348 e. The highest BCUT2D eigenvalue weighted by Crippen LogP contribution is 2.36. The van der Waals surface area contributed by atoms with Crippen LogP contribution in [0.5, 0.6) is 0 Å². The van der Waals surface area contributed by atoms with E-state index >= 15 is 0 Å². The molecule has 102 valence electrons. The van der Waals surface area contributed by atoms with Gasteiger partial charge in [-0.1, -0.05) is 11.6 Å². The first kappa shape index (κ1) is 12.7. The Morgan fingerprint density at radius 2 is 2.47 bits per heavy atom. The van der Waals surface area contributed by atoms with E-state index in [4.69, 9.17) is 10.3 Å². The number of hydrogen-bond acceptors (Lipinski definition) is 6. The summed E-state index contributed by atoms with van der Waals surface area (Å²) in [6.45, 7) is 0. The van der Waals surface area contributed by atoms with Crippen LogP contribution >= 0.6 is 11.8 Å². The molecule has 7 heteroatoms. The zero-order valence-corrected chi connectivity index (χ0v) is 11.4. The Labute approximate surface area is 115 Å². The molecular formula is C12H17N5OS. The van der Waals surface area contributed by atoms with Gasteiger partial charge in [-0.3, -0.25) is 0 Å². The first-order chi connectivity index (χ1) is 9.33. The van der Waals surface area contributed by atoms with Crippen LogP contribution in [-0.4, -0.2) is 25.9 Å². The maximum absolute atomic E-state index is 6.08. The smallest absolute Gasteiger partial charge is 0.243 e. The van der Waals surface area contributed by atoms with Crippen molar-refractivity contribution in [1.82, 2.24) is 20.1 Å². The molecule has 2 unspecified atom stereocenters. The average Bonchev–Trinajstić information content (AvgIpc) is 3.10. The Balaban J connectivity index is 1.66. The maximum Gasteiger partial charge on any atom is 0.243 e. The normalized spacial score (nSPS) is 21.4. The first-order valence-electron chi connectivity index (χ1n) is 6.51. The number of nitrogens with one attached hydrogen (secondary N) is 1. The molecule has 0 amide bonds. The Bertz CT molecular complexity index is 506. The quantitative estimate of drug-likeness (QED) is 0.889. The van der Waals surface area contributed by atoms with Crippen molar-refractivity contribution in [2.45, 2.75) is 37.0 Å². The monoisotopic (exact) mass is 279 g/mol. The zero-order chi connectivity index (χ0) is 13.1. The molecule has 3 N–H and O–H groups in total. The van der Waals surface area contributed by atoms with Gasteiger partial charge in [0.15, 0.2) is 5.82 Å². The Hall–Kier alpha value is -1.34. The fraction of sp³-hybridized carbons (Fsp3) is 0.583. The molecule has 2 atom stereocenters. The van der Waals surface area contributed by atoms with Gasteiger partial charge in [-0.15, -0.1) is 0 Å². The van der Waals surface area contributed by atoms with Gasteiger partial charge in [0.1, 0.15) is 0 Å². The fourth-order valence-electron chi connectivity index (χ4n) is 2.19. The number of imidazole rings is 1. The second kappa shape index (κ2) is 5.75. The van der Waals surface area contributed by atoms with Crippen molar-refractivity contribution in [3.05, 3.63) is 29.9 Å². The van der Waals surface area contributed by atoms with Gasteiger partial charge in [0.25, 0.3) is 0 Å². The molecule has 0 aliphatic carbocycles. The molecule has 0 spiro atoms. The molecule has 2 aromatic heterocycles. The van der Waals surface area contributed by atoms with Crippen LogP contribution in [0.4, 0.5) is 0 Å². The van der Waals surface area contributed by atoms with E-state index in [1.54, 1.807) is 12.5 Å². The number of hydrogen-bond donors (Lipinski definition) is 2. The topological polar surface area (TPSA) is 93.6 Å². The highest BCUT2D eigenvalue weighted by atomic mass is 32.2. The van der Waals surface area contributed by atoms with Crippen LogP contribution in [-0.2, 0) is 6.42 Å². The van der Waals surface area contributed by atoms with Gasteiger partial charge in [-0.2, -0.15) is 16.7 Å². The number of thioether (sulfide) groups is 1. The van der Waals surface area contributed by atoms with Crippen molar-refractivity contribution in [2.24, 2.45) is 5.73 Å². The number of H-pyrrole nitrogens is 1. The molecule has 0 saturated carbocycles. The van der Waals surface area contributed by atoms with Gasteiger partial charge in [0.05, 0.1) is 17.6 Å². The molecule has 0 radical (unpaired) electrons. The van der Waals surface area contributed by atoms with Gasteiger partial charge in [-0.25, -0.2) is 4.98 Å². The van der Waals surface area contributed by atoms with E-state index in [2.05, 4.69) is 20.1 Å². The van der Waals surface area contributed by atoms with Crippen molar-refractivity contribution in [1.29, 1.82) is 0 Å². The van der Waals surface area contributed by atoms with Gasteiger partial charge in [0, 0.05) is 18.3 Å². The minimum absolute atomic E-state index is 0.282. The molecule has 1 aliphatic rings. The zero-order valence-electron chi connectivity index (χ0n) is 10.6. The Kier molecular flexibility index (Phi) is 3.84. The second-order valence-electron chi connectivity index (χ2n) is 4.73. The lowest BCUT2D eigenvalue weighted by molar-refractivity contribution is 0.349. The average molecular weight is 279 g/mol. The Morgan fingerprint density at radius 1 is 1.53 bits per heavy atom. The third kappa shape index (κ3) is 2.98. The summed E-state index contributed by atoms with van der Waals surface area (Å²) in [5.41, 5.74) is 7.05. The van der Waals surface area contributed by atoms with Crippen LogP contribution in [0, 0.1) is 0 Å². The first-order valence-corrected chi connectivity index (χ1v) is 7.56.